The number of hydrogen-bond donors (Lipinski definition) is 1. The lowest BCUT2D eigenvalue weighted by molar-refractivity contribution is 0.0695. The SMILES string of the molecule is CCN(CC)c1ccc2c(c1)Oc1cc(N(CC)CC)ccc1C2(Cl)c1ccccc1C(=O)O. The summed E-state index contributed by atoms with van der Waals surface area (Å²) in [5, 5.41) is 9.96. The smallest absolute Gasteiger partial charge is 0.336 e. The van der Waals surface area contributed by atoms with Crippen molar-refractivity contribution in [1.82, 2.24) is 0 Å². The van der Waals surface area contributed by atoms with Gasteiger partial charge in [0.25, 0.3) is 0 Å². The molecule has 4 rings (SSSR count). The number of carboxylic acid groups (broad SMARTS) is 1. The highest BCUT2D eigenvalue weighted by molar-refractivity contribution is 6.29. The zero-order chi connectivity index (χ0) is 24.5. The Hall–Kier alpha value is -3.18. The van der Waals surface area contributed by atoms with Gasteiger partial charge in [-0.1, -0.05) is 30.3 Å². The molecule has 1 aliphatic heterocycles. The summed E-state index contributed by atoms with van der Waals surface area (Å²) in [5.41, 5.74) is 4.26. The Morgan fingerprint density at radius 1 is 0.794 bits per heavy atom. The third kappa shape index (κ3) is 3.88. The van der Waals surface area contributed by atoms with Gasteiger partial charge >= 0.3 is 5.97 Å². The van der Waals surface area contributed by atoms with Gasteiger partial charge in [-0.25, -0.2) is 4.79 Å². The van der Waals surface area contributed by atoms with Crippen molar-refractivity contribution < 1.29 is 14.6 Å². The lowest BCUT2D eigenvalue weighted by Gasteiger charge is -2.38. The highest BCUT2D eigenvalue weighted by Gasteiger charge is 2.44. The minimum Gasteiger partial charge on any atom is -0.478 e. The van der Waals surface area contributed by atoms with Crippen molar-refractivity contribution >= 4 is 28.9 Å². The Balaban J connectivity index is 1.99. The first kappa shape index (κ1) is 24.0. The summed E-state index contributed by atoms with van der Waals surface area (Å²) in [7, 11) is 0. The molecule has 3 aromatic carbocycles. The summed E-state index contributed by atoms with van der Waals surface area (Å²) in [6.07, 6.45) is 0. The maximum Gasteiger partial charge on any atom is 0.336 e. The molecule has 0 unspecified atom stereocenters. The molecule has 6 heteroatoms. The van der Waals surface area contributed by atoms with E-state index < -0.39 is 10.8 Å². The van der Waals surface area contributed by atoms with Gasteiger partial charge in [-0.15, -0.1) is 11.6 Å². The molecule has 0 fully saturated rings. The van der Waals surface area contributed by atoms with Crippen LogP contribution in [0.25, 0.3) is 0 Å². The highest BCUT2D eigenvalue weighted by Crippen LogP contribution is 2.56. The average molecular weight is 479 g/mol. The molecule has 34 heavy (non-hydrogen) atoms. The monoisotopic (exact) mass is 478 g/mol. The van der Waals surface area contributed by atoms with Crippen LogP contribution in [0.4, 0.5) is 11.4 Å². The van der Waals surface area contributed by atoms with E-state index in [1.54, 1.807) is 18.2 Å². The Morgan fingerprint density at radius 2 is 1.26 bits per heavy atom. The number of nitrogens with zero attached hydrogens (tertiary/aromatic N) is 2. The number of carboxylic acids is 1. The first-order chi connectivity index (χ1) is 16.4. The Labute approximate surface area is 206 Å². The Kier molecular flexibility index (Phi) is 6.76. The predicted octanol–water partition coefficient (Wildman–Crippen LogP) is 6.71. The minimum absolute atomic E-state index is 0.178. The van der Waals surface area contributed by atoms with Crippen molar-refractivity contribution in [2.45, 2.75) is 32.6 Å². The summed E-state index contributed by atoms with van der Waals surface area (Å²) in [4.78, 5) is 15.4. The van der Waals surface area contributed by atoms with Crippen LogP contribution in [0.15, 0.2) is 60.7 Å². The van der Waals surface area contributed by atoms with Crippen LogP contribution in [-0.2, 0) is 4.87 Å². The van der Waals surface area contributed by atoms with Crippen molar-refractivity contribution in [3.63, 3.8) is 0 Å². The summed E-state index contributed by atoms with van der Waals surface area (Å²) in [5.74, 6) is 0.275. The van der Waals surface area contributed by atoms with Gasteiger partial charge in [-0.2, -0.15) is 0 Å². The molecule has 0 amide bonds. The lowest BCUT2D eigenvalue weighted by Crippen LogP contribution is -2.30. The van der Waals surface area contributed by atoms with Gasteiger partial charge in [0, 0.05) is 60.8 Å². The van der Waals surface area contributed by atoms with Crippen molar-refractivity contribution in [3.8, 4) is 11.5 Å². The standard InChI is InChI=1S/C28H31ClN2O3/c1-5-30(6-2)19-13-15-23-25(17-19)34-26-18-20(31(7-3)8-4)14-16-24(26)28(23,29)22-12-10-9-11-21(22)27(32)33/h9-18H,5-8H2,1-4H3,(H,32,33). The molecular formula is C28H31ClN2O3. The molecule has 0 bridgehead atoms. The zero-order valence-corrected chi connectivity index (χ0v) is 20.9. The van der Waals surface area contributed by atoms with Gasteiger partial charge in [0.15, 0.2) is 0 Å². The lowest BCUT2D eigenvalue weighted by atomic mass is 9.79. The van der Waals surface area contributed by atoms with Gasteiger partial charge in [0.1, 0.15) is 16.4 Å². The summed E-state index contributed by atoms with van der Waals surface area (Å²) >= 11 is 7.54. The highest BCUT2D eigenvalue weighted by atomic mass is 35.5. The van der Waals surface area contributed by atoms with Crippen LogP contribution in [0.3, 0.4) is 0 Å². The fourth-order valence-electron chi connectivity index (χ4n) is 4.85. The number of rotatable bonds is 8. The molecule has 1 aliphatic rings. The maximum absolute atomic E-state index is 12.2. The molecule has 1 N–H and O–H groups in total. The number of hydrogen-bond acceptors (Lipinski definition) is 4. The van der Waals surface area contributed by atoms with Crippen LogP contribution in [-0.4, -0.2) is 37.3 Å². The number of ether oxygens (including phenoxy) is 1. The molecule has 0 spiro atoms. The number of halogens is 1. The van der Waals surface area contributed by atoms with Gasteiger partial charge in [-0.3, -0.25) is 0 Å². The Bertz CT molecular complexity index is 1140. The third-order valence-corrected chi connectivity index (χ3v) is 7.29. The average Bonchev–Trinajstić information content (AvgIpc) is 2.85. The van der Waals surface area contributed by atoms with Crippen molar-refractivity contribution in [3.05, 3.63) is 82.9 Å². The quantitative estimate of drug-likeness (QED) is 0.364. The molecule has 5 nitrogen and oxygen atoms in total. The summed E-state index contributed by atoms with van der Waals surface area (Å²) < 4.78 is 6.47. The van der Waals surface area contributed by atoms with Crippen LogP contribution in [0, 0.1) is 0 Å². The number of benzene rings is 3. The topological polar surface area (TPSA) is 53.0 Å². The second kappa shape index (κ2) is 9.59. The maximum atomic E-state index is 12.2. The van der Waals surface area contributed by atoms with E-state index in [0.717, 1.165) is 48.7 Å². The summed E-state index contributed by atoms with van der Waals surface area (Å²) in [6.45, 7) is 11.9. The zero-order valence-electron chi connectivity index (χ0n) is 20.1. The minimum atomic E-state index is -1.21. The number of alkyl halides is 1. The van der Waals surface area contributed by atoms with Crippen molar-refractivity contribution in [1.29, 1.82) is 0 Å². The molecule has 178 valence electrons. The fourth-order valence-corrected chi connectivity index (χ4v) is 5.33. The van der Waals surface area contributed by atoms with E-state index in [1.807, 2.05) is 42.5 Å². The second-order valence-corrected chi connectivity index (χ2v) is 8.88. The first-order valence-electron chi connectivity index (χ1n) is 11.9. The number of aromatic carboxylic acids is 1. The molecule has 1 heterocycles. The van der Waals surface area contributed by atoms with E-state index in [0.29, 0.717) is 17.1 Å². The number of carbonyl (C=O) groups is 1. The second-order valence-electron chi connectivity index (χ2n) is 8.32. The van der Waals surface area contributed by atoms with E-state index in [2.05, 4.69) is 37.5 Å². The van der Waals surface area contributed by atoms with E-state index in [9.17, 15) is 9.90 Å². The first-order valence-corrected chi connectivity index (χ1v) is 12.2. The molecule has 0 aliphatic carbocycles. The van der Waals surface area contributed by atoms with Gasteiger partial charge in [-0.05, 0) is 51.5 Å². The van der Waals surface area contributed by atoms with E-state index >= 15 is 0 Å². The molecule has 0 atom stereocenters. The van der Waals surface area contributed by atoms with Crippen molar-refractivity contribution in [2.24, 2.45) is 0 Å². The molecular weight excluding hydrogens is 448 g/mol. The number of anilines is 2. The van der Waals surface area contributed by atoms with Crippen LogP contribution < -0.4 is 14.5 Å². The van der Waals surface area contributed by atoms with Crippen molar-refractivity contribution in [2.75, 3.05) is 36.0 Å². The molecule has 0 saturated carbocycles. The van der Waals surface area contributed by atoms with Crippen LogP contribution in [0.2, 0.25) is 0 Å². The largest absolute Gasteiger partial charge is 0.478 e. The fraction of sp³-hybridized carbons (Fsp3) is 0.321. The Morgan fingerprint density at radius 3 is 1.71 bits per heavy atom. The molecule has 3 aromatic rings. The number of fused-ring (bicyclic) bond motifs is 2. The van der Waals surface area contributed by atoms with Crippen LogP contribution in [0.1, 0.15) is 54.7 Å². The van der Waals surface area contributed by atoms with E-state index in [-0.39, 0.29) is 5.56 Å². The van der Waals surface area contributed by atoms with Gasteiger partial charge < -0.3 is 19.6 Å². The molecule has 0 saturated heterocycles. The normalized spacial score (nSPS) is 13.4. The summed E-state index contributed by atoms with van der Waals surface area (Å²) in [6, 6.07) is 19.0. The van der Waals surface area contributed by atoms with Crippen LogP contribution in [0.5, 0.6) is 11.5 Å². The van der Waals surface area contributed by atoms with Gasteiger partial charge in [0.2, 0.25) is 0 Å². The van der Waals surface area contributed by atoms with Crippen LogP contribution >= 0.6 is 11.6 Å². The molecule has 0 aromatic heterocycles. The third-order valence-electron chi connectivity index (χ3n) is 6.68. The molecule has 0 radical (unpaired) electrons. The predicted molar refractivity (Wildman–Crippen MR) is 139 cm³/mol. The van der Waals surface area contributed by atoms with E-state index in [4.69, 9.17) is 16.3 Å². The van der Waals surface area contributed by atoms with Gasteiger partial charge in [0.05, 0.1) is 5.56 Å². The van der Waals surface area contributed by atoms with E-state index in [1.165, 1.54) is 0 Å².